The van der Waals surface area contributed by atoms with E-state index in [2.05, 4.69) is 0 Å². The predicted molar refractivity (Wildman–Crippen MR) is 20.9 cm³/mol. The summed E-state index contributed by atoms with van der Waals surface area (Å²) in [5.41, 5.74) is -1.35. The van der Waals surface area contributed by atoms with Crippen LogP contribution in [-0.2, 0) is 0 Å². The summed E-state index contributed by atoms with van der Waals surface area (Å²) in [6.07, 6.45) is 0. The molecule has 0 bridgehead atoms. The second kappa shape index (κ2) is 17.4. The van der Waals surface area contributed by atoms with Crippen LogP contribution in [0.2, 0.25) is 5.72 Å². The van der Waals surface area contributed by atoms with E-state index in [4.69, 9.17) is 0 Å². The van der Waals surface area contributed by atoms with Gasteiger partial charge in [-0.25, -0.2) is 0 Å². The van der Waals surface area contributed by atoms with E-state index in [0.29, 0.717) is 0 Å². The van der Waals surface area contributed by atoms with Gasteiger partial charge in [0.1, 0.15) is 0 Å². The smallest absolute Gasteiger partial charge is 0.893 e. The van der Waals surface area contributed by atoms with E-state index in [9.17, 15) is 20.1 Å². The van der Waals surface area contributed by atoms with E-state index in [-0.39, 0.29) is 118 Å². The molecule has 12 heavy (non-hydrogen) atoms. The van der Waals surface area contributed by atoms with E-state index in [1.165, 1.54) is 0 Å². The van der Waals surface area contributed by atoms with Crippen molar-refractivity contribution in [2.45, 2.75) is 12.6 Å². The molecule has 0 spiro atoms. The summed E-state index contributed by atoms with van der Waals surface area (Å²) in [5, 5.41) is 38.9. The molecular weight excluding hydrogens is 202 g/mol. The van der Waals surface area contributed by atoms with Crippen LogP contribution in [0, 0.1) is 0 Å². The normalized spacial score (nSPS) is 6.50. The van der Waals surface area contributed by atoms with Crippen molar-refractivity contribution in [3.05, 3.63) is 0 Å². The van der Waals surface area contributed by atoms with Gasteiger partial charge in [-0.1, -0.05) is 6.92 Å². The Bertz CT molecular complexity index is 68.1. The zero-order chi connectivity index (χ0) is 6.73. The van der Waals surface area contributed by atoms with E-state index in [1.807, 2.05) is 0 Å². The molecule has 0 heterocycles. The summed E-state index contributed by atoms with van der Waals surface area (Å²) >= 11 is 0. The molecule has 0 rings (SSSR count). The third kappa shape index (κ3) is 16.4. The third-order valence-corrected chi connectivity index (χ3v) is 0.859. The average molecular weight is 206 g/mol. The van der Waals surface area contributed by atoms with E-state index >= 15 is 0 Å². The second-order valence-electron chi connectivity index (χ2n) is 1.60. The number of hydrogen-bond donors (Lipinski definition) is 0. The van der Waals surface area contributed by atoms with Gasteiger partial charge in [0, 0.05) is 0 Å². The van der Waals surface area contributed by atoms with E-state index in [1.54, 1.807) is 0 Å². The summed E-state index contributed by atoms with van der Waals surface area (Å²) in [6.45, 7) is 1.06. The molecular formula is C2H4B2Na4O4. The van der Waals surface area contributed by atoms with Gasteiger partial charge in [-0.2, -0.15) is 5.72 Å². The summed E-state index contributed by atoms with van der Waals surface area (Å²) in [5.74, 6) is 0. The Labute approximate surface area is 162 Å². The fraction of sp³-hybridized carbons (Fsp3) is 1.00. The van der Waals surface area contributed by atoms with Crippen LogP contribution in [0.3, 0.4) is 0 Å². The van der Waals surface area contributed by atoms with E-state index in [0.717, 1.165) is 6.92 Å². The maximum absolute atomic E-state index is 9.71. The van der Waals surface area contributed by atoms with Crippen molar-refractivity contribution in [2.75, 3.05) is 0 Å². The Morgan fingerprint density at radius 1 is 0.750 bits per heavy atom. The van der Waals surface area contributed by atoms with Gasteiger partial charge >= 0.3 is 118 Å². The molecule has 0 aliphatic heterocycles. The molecule has 0 N–H and O–H groups in total. The monoisotopic (exact) mass is 206 g/mol. The molecule has 0 aromatic carbocycles. The molecule has 0 fully saturated rings. The molecule has 0 aliphatic rings. The summed E-state index contributed by atoms with van der Waals surface area (Å²) in [6, 6.07) is 0. The fourth-order valence-electron chi connectivity index (χ4n) is 0.128. The van der Waals surface area contributed by atoms with Gasteiger partial charge in [0.15, 0.2) is 0 Å². The van der Waals surface area contributed by atoms with Gasteiger partial charge in [-0.3, -0.25) is 0 Å². The van der Waals surface area contributed by atoms with Gasteiger partial charge in [0.2, 0.25) is 0 Å². The molecule has 0 aromatic rings. The maximum atomic E-state index is 9.71. The first kappa shape index (κ1) is 29.7. The van der Waals surface area contributed by atoms with Crippen molar-refractivity contribution >= 4 is 14.2 Å². The summed E-state index contributed by atoms with van der Waals surface area (Å²) < 4.78 is 0. The zero-order valence-corrected chi connectivity index (χ0v) is 16.4. The Hall–Kier alpha value is 3.97. The van der Waals surface area contributed by atoms with Crippen molar-refractivity contribution < 1.29 is 138 Å². The molecule has 0 aliphatic carbocycles. The van der Waals surface area contributed by atoms with Crippen LogP contribution in [0.1, 0.15) is 6.92 Å². The molecule has 0 atom stereocenters. The third-order valence-electron chi connectivity index (χ3n) is 0.859. The van der Waals surface area contributed by atoms with Crippen LogP contribution in [-0.4, -0.2) is 14.2 Å². The van der Waals surface area contributed by atoms with Gasteiger partial charge in [-0.15, -0.1) is 14.2 Å². The van der Waals surface area contributed by atoms with E-state index < -0.39 is 20.0 Å². The first-order chi connectivity index (χ1) is 3.55. The van der Waals surface area contributed by atoms with Gasteiger partial charge in [0.25, 0.3) is 0 Å². The standard InChI is InChI=1S/C2H4B2O4.4Na/c1-2(3(5)6)4(7)8;;;;/h2H,1H3;;;;/q-4;4*+1. The second-order valence-corrected chi connectivity index (χ2v) is 1.60. The summed E-state index contributed by atoms with van der Waals surface area (Å²) in [7, 11) is -4.56. The molecule has 10 heteroatoms. The van der Waals surface area contributed by atoms with Gasteiger partial charge < -0.3 is 20.1 Å². The Kier molecular flexibility index (Phi) is 43.0. The van der Waals surface area contributed by atoms with Crippen molar-refractivity contribution in [3.8, 4) is 0 Å². The molecule has 0 aromatic heterocycles. The average Bonchev–Trinajstić information content (AvgIpc) is 1.64. The van der Waals surface area contributed by atoms with Crippen LogP contribution >= 0.6 is 0 Å². The van der Waals surface area contributed by atoms with Crippen LogP contribution in [0.25, 0.3) is 0 Å². The molecule has 0 radical (unpaired) electrons. The zero-order valence-electron chi connectivity index (χ0n) is 8.37. The van der Waals surface area contributed by atoms with Crippen LogP contribution in [0.5, 0.6) is 0 Å². The molecule has 0 unspecified atom stereocenters. The van der Waals surface area contributed by atoms with Crippen molar-refractivity contribution in [3.63, 3.8) is 0 Å². The number of rotatable bonds is 2. The molecule has 46 valence electrons. The van der Waals surface area contributed by atoms with Crippen molar-refractivity contribution in [1.82, 2.24) is 0 Å². The van der Waals surface area contributed by atoms with Gasteiger partial charge in [0.05, 0.1) is 0 Å². The predicted octanol–water partition coefficient (Wildman–Crippen LogP) is -16.7. The van der Waals surface area contributed by atoms with Gasteiger partial charge in [-0.05, 0) is 0 Å². The first-order valence-corrected chi connectivity index (χ1v) is 2.19. The Morgan fingerprint density at radius 3 is 0.917 bits per heavy atom. The van der Waals surface area contributed by atoms with Crippen molar-refractivity contribution in [2.24, 2.45) is 0 Å². The Balaban J connectivity index is -0.0000000408. The minimum Gasteiger partial charge on any atom is -0.893 e. The molecule has 0 saturated heterocycles. The Morgan fingerprint density at radius 2 is 0.917 bits per heavy atom. The minimum atomic E-state index is -2.28. The fourth-order valence-corrected chi connectivity index (χ4v) is 0.128. The molecule has 0 amide bonds. The SMILES string of the molecule is CC(B([O-])[O-])B([O-])[O-].[Na+].[Na+].[Na+].[Na+]. The quantitative estimate of drug-likeness (QED) is 0.419. The van der Waals surface area contributed by atoms with Crippen LogP contribution < -0.4 is 138 Å². The minimum absolute atomic E-state index is 0. The maximum Gasteiger partial charge on any atom is 1.00 e. The topological polar surface area (TPSA) is 92.2 Å². The molecule has 4 nitrogen and oxygen atoms in total. The number of hydrogen-bond acceptors (Lipinski definition) is 4. The first-order valence-electron chi connectivity index (χ1n) is 2.19. The van der Waals surface area contributed by atoms with Crippen LogP contribution in [0.4, 0.5) is 0 Å². The molecule has 0 saturated carbocycles. The van der Waals surface area contributed by atoms with Crippen molar-refractivity contribution in [1.29, 1.82) is 0 Å². The largest absolute Gasteiger partial charge is 1.00 e. The summed E-state index contributed by atoms with van der Waals surface area (Å²) in [4.78, 5) is 0. The van der Waals surface area contributed by atoms with Crippen LogP contribution in [0.15, 0.2) is 0 Å².